The number of hydrogen-bond acceptors (Lipinski definition) is 4. The van der Waals surface area contributed by atoms with Crippen LogP contribution in [0.1, 0.15) is 50.5 Å². The Kier molecular flexibility index (Phi) is 4.44. The highest BCUT2D eigenvalue weighted by Crippen LogP contribution is 2.22. The van der Waals surface area contributed by atoms with Crippen molar-refractivity contribution >= 4 is 0 Å². The number of nitrogens with zero attached hydrogens (tertiary/aromatic N) is 4. The highest BCUT2D eigenvalue weighted by atomic mass is 16.3. The number of aliphatic hydroxyl groups is 1. The van der Waals surface area contributed by atoms with Gasteiger partial charge in [0.1, 0.15) is 5.69 Å². The smallest absolute Gasteiger partial charge is 0.100 e. The highest BCUT2D eigenvalue weighted by molar-refractivity contribution is 5.18. The van der Waals surface area contributed by atoms with Crippen molar-refractivity contribution in [1.29, 1.82) is 5.26 Å². The quantitative estimate of drug-likeness (QED) is 0.817. The molecule has 0 saturated heterocycles. The number of hydrogen-bond donors (Lipinski definition) is 1. The van der Waals surface area contributed by atoms with E-state index in [1.54, 1.807) is 0 Å². The summed E-state index contributed by atoms with van der Waals surface area (Å²) in [6.07, 6.45) is 0.939. The van der Waals surface area contributed by atoms with E-state index in [1.807, 2.05) is 11.6 Å². The van der Waals surface area contributed by atoms with Crippen LogP contribution in [0.5, 0.6) is 0 Å². The van der Waals surface area contributed by atoms with Crippen LogP contribution in [0.15, 0.2) is 0 Å². The van der Waals surface area contributed by atoms with Crippen molar-refractivity contribution in [3.05, 3.63) is 11.4 Å². The Labute approximate surface area is 95.7 Å². The van der Waals surface area contributed by atoms with Crippen LogP contribution >= 0.6 is 0 Å². The Balaban J connectivity index is 3.05. The Morgan fingerprint density at radius 2 is 2.12 bits per heavy atom. The monoisotopic (exact) mass is 222 g/mol. The highest BCUT2D eigenvalue weighted by Gasteiger charge is 2.19. The van der Waals surface area contributed by atoms with E-state index >= 15 is 0 Å². The van der Waals surface area contributed by atoms with Gasteiger partial charge in [-0.1, -0.05) is 19.1 Å². The van der Waals surface area contributed by atoms with Crippen LogP contribution in [0, 0.1) is 11.3 Å². The Hall–Kier alpha value is -1.41. The van der Waals surface area contributed by atoms with Crippen LogP contribution < -0.4 is 0 Å². The molecule has 1 aromatic rings. The lowest BCUT2D eigenvalue weighted by atomic mass is 10.1. The zero-order valence-corrected chi connectivity index (χ0v) is 10.0. The van der Waals surface area contributed by atoms with Crippen LogP contribution in [0.2, 0.25) is 0 Å². The lowest BCUT2D eigenvalue weighted by molar-refractivity contribution is 0.254. The minimum absolute atomic E-state index is 0.113. The predicted molar refractivity (Wildman–Crippen MR) is 59.8 cm³/mol. The number of rotatable bonds is 5. The van der Waals surface area contributed by atoms with Gasteiger partial charge in [0.2, 0.25) is 0 Å². The van der Waals surface area contributed by atoms with Crippen molar-refractivity contribution < 1.29 is 5.11 Å². The molecule has 0 aliphatic rings. The largest absolute Gasteiger partial charge is 0.396 e. The molecule has 0 saturated carbocycles. The van der Waals surface area contributed by atoms with Crippen LogP contribution in [-0.4, -0.2) is 26.7 Å². The molecule has 1 rings (SSSR count). The normalized spacial score (nSPS) is 12.8. The maximum Gasteiger partial charge on any atom is 0.100 e. The van der Waals surface area contributed by atoms with Crippen molar-refractivity contribution in [2.75, 3.05) is 6.61 Å². The first-order valence-electron chi connectivity index (χ1n) is 5.53. The van der Waals surface area contributed by atoms with Crippen molar-refractivity contribution in [2.24, 2.45) is 0 Å². The molecule has 1 unspecified atom stereocenters. The fraction of sp³-hybridized carbons (Fsp3) is 0.727. The first-order chi connectivity index (χ1) is 7.61. The number of aromatic nitrogens is 3. The summed E-state index contributed by atoms with van der Waals surface area (Å²) in [6.45, 7) is 6.24. The molecular weight excluding hydrogens is 204 g/mol. The summed E-state index contributed by atoms with van der Waals surface area (Å²) in [7, 11) is 0. The third-order valence-electron chi connectivity index (χ3n) is 2.56. The van der Waals surface area contributed by atoms with Crippen molar-refractivity contribution in [1.82, 2.24) is 15.0 Å². The lowest BCUT2D eigenvalue weighted by Gasteiger charge is -2.16. The molecule has 0 spiro atoms. The summed E-state index contributed by atoms with van der Waals surface area (Å²) in [6, 6.07) is 2.21. The molecule has 0 aromatic carbocycles. The molecule has 1 aromatic heterocycles. The van der Waals surface area contributed by atoms with E-state index in [-0.39, 0.29) is 18.6 Å². The molecule has 0 aliphatic carbocycles. The molecule has 0 bridgehead atoms. The fourth-order valence-electron chi connectivity index (χ4n) is 1.77. The Bertz CT molecular complexity index is 378. The molecular formula is C11H18N4O. The van der Waals surface area contributed by atoms with Gasteiger partial charge in [-0.05, 0) is 19.3 Å². The first kappa shape index (κ1) is 12.7. The summed E-state index contributed by atoms with van der Waals surface area (Å²) in [5.74, 6) is 0.277. The summed E-state index contributed by atoms with van der Waals surface area (Å²) in [5, 5.41) is 25.8. The third kappa shape index (κ3) is 2.58. The summed E-state index contributed by atoms with van der Waals surface area (Å²) >= 11 is 0. The van der Waals surface area contributed by atoms with E-state index in [0.717, 1.165) is 11.4 Å². The lowest BCUT2D eigenvalue weighted by Crippen LogP contribution is -2.13. The topological polar surface area (TPSA) is 74.7 Å². The second kappa shape index (κ2) is 5.61. The van der Waals surface area contributed by atoms with Gasteiger partial charge in [-0.25, -0.2) is 4.68 Å². The van der Waals surface area contributed by atoms with Gasteiger partial charge in [0, 0.05) is 6.61 Å². The molecule has 5 heteroatoms. The van der Waals surface area contributed by atoms with Crippen molar-refractivity contribution in [3.63, 3.8) is 0 Å². The predicted octanol–water partition coefficient (Wildman–Crippen LogP) is 1.41. The van der Waals surface area contributed by atoms with Crippen LogP contribution in [0.4, 0.5) is 0 Å². The second-order valence-electron chi connectivity index (χ2n) is 4.22. The minimum Gasteiger partial charge on any atom is -0.396 e. The molecule has 1 heterocycles. The van der Waals surface area contributed by atoms with E-state index < -0.39 is 0 Å². The van der Waals surface area contributed by atoms with E-state index in [4.69, 9.17) is 10.4 Å². The van der Waals surface area contributed by atoms with Crippen LogP contribution in [0.25, 0.3) is 0 Å². The molecule has 16 heavy (non-hydrogen) atoms. The number of aliphatic hydroxyl groups excluding tert-OH is 1. The standard InChI is InChI=1S/C11H18N4O/c1-8(2)11-10(4-6-12)13-14-15(11)9(3)5-7-16/h8-9,16H,4-5,7H2,1-3H3. The summed E-state index contributed by atoms with van der Waals surface area (Å²) in [4.78, 5) is 0. The fourth-order valence-corrected chi connectivity index (χ4v) is 1.77. The molecule has 5 nitrogen and oxygen atoms in total. The van der Waals surface area contributed by atoms with Crippen LogP contribution in [-0.2, 0) is 6.42 Å². The van der Waals surface area contributed by atoms with Gasteiger partial charge in [0.05, 0.1) is 24.2 Å². The van der Waals surface area contributed by atoms with Gasteiger partial charge in [0.25, 0.3) is 0 Å². The van der Waals surface area contributed by atoms with Gasteiger partial charge in [0.15, 0.2) is 0 Å². The maximum absolute atomic E-state index is 8.92. The zero-order valence-electron chi connectivity index (χ0n) is 10.0. The second-order valence-corrected chi connectivity index (χ2v) is 4.22. The van der Waals surface area contributed by atoms with Gasteiger partial charge >= 0.3 is 0 Å². The van der Waals surface area contributed by atoms with Gasteiger partial charge in [-0.15, -0.1) is 5.10 Å². The number of nitriles is 1. The Morgan fingerprint density at radius 3 is 2.62 bits per heavy atom. The third-order valence-corrected chi connectivity index (χ3v) is 2.56. The maximum atomic E-state index is 8.92. The molecule has 1 atom stereocenters. The van der Waals surface area contributed by atoms with E-state index in [9.17, 15) is 0 Å². The summed E-state index contributed by atoms with van der Waals surface area (Å²) in [5.41, 5.74) is 1.75. The average Bonchev–Trinajstić information content (AvgIpc) is 2.62. The van der Waals surface area contributed by atoms with E-state index in [1.165, 1.54) is 0 Å². The average molecular weight is 222 g/mol. The summed E-state index contributed by atoms with van der Waals surface area (Å²) < 4.78 is 1.83. The Morgan fingerprint density at radius 1 is 1.44 bits per heavy atom. The van der Waals surface area contributed by atoms with Crippen molar-refractivity contribution in [2.45, 2.75) is 45.6 Å². The molecule has 0 fully saturated rings. The van der Waals surface area contributed by atoms with E-state index in [2.05, 4.69) is 30.2 Å². The molecule has 1 N–H and O–H groups in total. The molecule has 0 aliphatic heterocycles. The molecule has 0 amide bonds. The molecule has 0 radical (unpaired) electrons. The first-order valence-corrected chi connectivity index (χ1v) is 5.53. The van der Waals surface area contributed by atoms with Gasteiger partial charge in [-0.3, -0.25) is 0 Å². The SMILES string of the molecule is CC(C)c1c(CC#N)nnn1C(C)CCO. The van der Waals surface area contributed by atoms with Crippen LogP contribution in [0.3, 0.4) is 0 Å². The zero-order chi connectivity index (χ0) is 12.1. The van der Waals surface area contributed by atoms with Crippen molar-refractivity contribution in [3.8, 4) is 6.07 Å². The molecule has 88 valence electrons. The minimum atomic E-state index is 0.113. The van der Waals surface area contributed by atoms with E-state index in [0.29, 0.717) is 12.8 Å². The van der Waals surface area contributed by atoms with Gasteiger partial charge < -0.3 is 5.11 Å². The van der Waals surface area contributed by atoms with Gasteiger partial charge in [-0.2, -0.15) is 5.26 Å².